The average molecular weight is 313 g/mol. The van der Waals surface area contributed by atoms with Crippen LogP contribution in [0.5, 0.6) is 5.75 Å². The van der Waals surface area contributed by atoms with Crippen molar-refractivity contribution < 1.29 is 28.8 Å². The highest BCUT2D eigenvalue weighted by Crippen LogP contribution is 2.12. The van der Waals surface area contributed by atoms with Gasteiger partial charge in [-0.3, -0.25) is 4.79 Å². The van der Waals surface area contributed by atoms with Crippen molar-refractivity contribution in [3.63, 3.8) is 0 Å². The SMILES string of the molecule is Nc1ccc(OCCOCCOCCOCCC(=O)O)cc1. The second-order valence-corrected chi connectivity index (χ2v) is 4.40. The smallest absolute Gasteiger partial charge is 0.305 e. The zero-order valence-electron chi connectivity index (χ0n) is 12.5. The molecular weight excluding hydrogens is 290 g/mol. The number of ether oxygens (including phenoxy) is 4. The van der Waals surface area contributed by atoms with Crippen LogP contribution in [0.25, 0.3) is 0 Å². The maximum Gasteiger partial charge on any atom is 0.305 e. The summed E-state index contributed by atoms with van der Waals surface area (Å²) in [7, 11) is 0. The number of aliphatic carboxylic acids is 1. The first-order valence-corrected chi connectivity index (χ1v) is 7.12. The minimum absolute atomic E-state index is 0.0110. The molecule has 7 nitrogen and oxygen atoms in total. The van der Waals surface area contributed by atoms with Crippen LogP contribution in [0.4, 0.5) is 5.69 Å². The molecule has 22 heavy (non-hydrogen) atoms. The first kappa shape index (κ1) is 18.2. The van der Waals surface area contributed by atoms with Crippen LogP contribution in [0.3, 0.4) is 0 Å². The summed E-state index contributed by atoms with van der Waals surface area (Å²) in [6, 6.07) is 7.18. The monoisotopic (exact) mass is 313 g/mol. The van der Waals surface area contributed by atoms with E-state index in [-0.39, 0.29) is 13.0 Å². The van der Waals surface area contributed by atoms with Crippen LogP contribution in [0, 0.1) is 0 Å². The number of hydrogen-bond acceptors (Lipinski definition) is 6. The van der Waals surface area contributed by atoms with Gasteiger partial charge in [-0.15, -0.1) is 0 Å². The highest BCUT2D eigenvalue weighted by molar-refractivity contribution is 5.66. The van der Waals surface area contributed by atoms with E-state index in [0.29, 0.717) is 45.3 Å². The Hall–Kier alpha value is -1.83. The van der Waals surface area contributed by atoms with E-state index in [1.54, 1.807) is 12.1 Å². The van der Waals surface area contributed by atoms with E-state index in [1.165, 1.54) is 0 Å². The molecule has 124 valence electrons. The molecule has 0 saturated carbocycles. The molecule has 0 aliphatic carbocycles. The van der Waals surface area contributed by atoms with Crippen molar-refractivity contribution in [3.8, 4) is 5.75 Å². The number of nitrogen functional groups attached to an aromatic ring is 1. The van der Waals surface area contributed by atoms with Crippen molar-refractivity contribution >= 4 is 11.7 Å². The summed E-state index contributed by atoms with van der Waals surface area (Å²) in [4.78, 5) is 10.2. The topological polar surface area (TPSA) is 100 Å². The van der Waals surface area contributed by atoms with Crippen LogP contribution in [0.1, 0.15) is 6.42 Å². The average Bonchev–Trinajstić information content (AvgIpc) is 2.50. The number of carboxylic acids is 1. The lowest BCUT2D eigenvalue weighted by molar-refractivity contribution is -0.138. The van der Waals surface area contributed by atoms with Gasteiger partial charge in [0.1, 0.15) is 12.4 Å². The highest BCUT2D eigenvalue weighted by Gasteiger charge is 1.97. The summed E-state index contributed by atoms with van der Waals surface area (Å²) in [5, 5.41) is 8.40. The Bertz CT molecular complexity index is 409. The van der Waals surface area contributed by atoms with Crippen molar-refractivity contribution in [2.45, 2.75) is 6.42 Å². The number of nitrogens with two attached hydrogens (primary N) is 1. The third-order valence-electron chi connectivity index (χ3n) is 2.58. The van der Waals surface area contributed by atoms with Crippen molar-refractivity contribution in [2.75, 3.05) is 52.0 Å². The molecule has 0 aromatic heterocycles. The molecule has 1 aromatic carbocycles. The summed E-state index contributed by atoms with van der Waals surface area (Å²) < 4.78 is 21.1. The normalized spacial score (nSPS) is 10.5. The molecule has 0 aliphatic rings. The Balaban J connectivity index is 1.82. The van der Waals surface area contributed by atoms with Gasteiger partial charge >= 0.3 is 5.97 Å². The second kappa shape index (κ2) is 11.8. The van der Waals surface area contributed by atoms with Gasteiger partial charge in [-0.2, -0.15) is 0 Å². The molecule has 0 spiro atoms. The molecule has 0 heterocycles. The third-order valence-corrected chi connectivity index (χ3v) is 2.58. The van der Waals surface area contributed by atoms with Crippen LogP contribution in [0.15, 0.2) is 24.3 Å². The molecule has 3 N–H and O–H groups in total. The molecule has 1 rings (SSSR count). The summed E-state index contributed by atoms with van der Waals surface area (Å²) >= 11 is 0. The number of benzene rings is 1. The van der Waals surface area contributed by atoms with E-state index in [9.17, 15) is 4.79 Å². The molecule has 0 amide bonds. The fourth-order valence-corrected chi connectivity index (χ4v) is 1.48. The van der Waals surface area contributed by atoms with Gasteiger partial charge in [0.15, 0.2) is 0 Å². The van der Waals surface area contributed by atoms with Crippen molar-refractivity contribution in [1.29, 1.82) is 0 Å². The number of carboxylic acid groups (broad SMARTS) is 1. The van der Waals surface area contributed by atoms with Gasteiger partial charge in [0.2, 0.25) is 0 Å². The molecule has 1 aromatic rings. The summed E-state index contributed by atoms with van der Waals surface area (Å²) in [6.07, 6.45) is 0.0110. The summed E-state index contributed by atoms with van der Waals surface area (Å²) in [6.45, 7) is 2.88. The van der Waals surface area contributed by atoms with Crippen LogP contribution in [-0.4, -0.2) is 57.3 Å². The predicted molar refractivity (Wildman–Crippen MR) is 81.1 cm³/mol. The summed E-state index contributed by atoms with van der Waals surface area (Å²) in [5.74, 6) is -0.108. The van der Waals surface area contributed by atoms with E-state index in [4.69, 9.17) is 29.8 Å². The van der Waals surface area contributed by atoms with Crippen molar-refractivity contribution in [2.24, 2.45) is 0 Å². The number of rotatable bonds is 13. The number of carbonyl (C=O) groups is 1. The number of anilines is 1. The quantitative estimate of drug-likeness (QED) is 0.416. The van der Waals surface area contributed by atoms with Gasteiger partial charge in [0.25, 0.3) is 0 Å². The zero-order chi connectivity index (χ0) is 16.0. The van der Waals surface area contributed by atoms with Gasteiger partial charge in [-0.05, 0) is 24.3 Å². The first-order valence-electron chi connectivity index (χ1n) is 7.12. The van der Waals surface area contributed by atoms with Gasteiger partial charge in [-0.1, -0.05) is 0 Å². The standard InChI is InChI=1S/C15H23NO6/c16-13-1-3-14(4-2-13)22-12-11-21-10-9-20-8-7-19-6-5-15(17)18/h1-4H,5-12,16H2,(H,17,18). The second-order valence-electron chi connectivity index (χ2n) is 4.40. The lowest BCUT2D eigenvalue weighted by Gasteiger charge is -2.08. The summed E-state index contributed by atoms with van der Waals surface area (Å²) in [5.41, 5.74) is 6.27. The minimum atomic E-state index is -0.865. The van der Waals surface area contributed by atoms with E-state index in [0.717, 1.165) is 5.75 Å². The van der Waals surface area contributed by atoms with E-state index >= 15 is 0 Å². The zero-order valence-corrected chi connectivity index (χ0v) is 12.5. The lowest BCUT2D eigenvalue weighted by Crippen LogP contribution is -2.13. The fraction of sp³-hybridized carbons (Fsp3) is 0.533. The predicted octanol–water partition coefficient (Wildman–Crippen LogP) is 1.17. The van der Waals surface area contributed by atoms with E-state index < -0.39 is 5.97 Å². The molecule has 0 atom stereocenters. The Morgan fingerprint density at radius 2 is 1.36 bits per heavy atom. The highest BCUT2D eigenvalue weighted by atomic mass is 16.6. The maximum atomic E-state index is 10.2. The lowest BCUT2D eigenvalue weighted by atomic mass is 10.3. The van der Waals surface area contributed by atoms with E-state index in [2.05, 4.69) is 0 Å². The molecule has 0 bridgehead atoms. The molecule has 0 radical (unpaired) electrons. The van der Waals surface area contributed by atoms with Crippen molar-refractivity contribution in [1.82, 2.24) is 0 Å². The Morgan fingerprint density at radius 1 is 0.864 bits per heavy atom. The Labute approximate surface area is 129 Å². The van der Waals surface area contributed by atoms with E-state index in [1.807, 2.05) is 12.1 Å². The molecule has 7 heteroatoms. The molecule has 0 saturated heterocycles. The minimum Gasteiger partial charge on any atom is -0.491 e. The van der Waals surface area contributed by atoms with Gasteiger partial charge < -0.3 is 29.8 Å². The van der Waals surface area contributed by atoms with Gasteiger partial charge in [0, 0.05) is 5.69 Å². The van der Waals surface area contributed by atoms with Crippen LogP contribution < -0.4 is 10.5 Å². The molecule has 0 fully saturated rings. The molecule has 0 aliphatic heterocycles. The first-order chi connectivity index (χ1) is 10.7. The molecule has 0 unspecified atom stereocenters. The Kier molecular flexibility index (Phi) is 9.76. The van der Waals surface area contributed by atoms with Crippen LogP contribution >= 0.6 is 0 Å². The van der Waals surface area contributed by atoms with Crippen LogP contribution in [0.2, 0.25) is 0 Å². The Morgan fingerprint density at radius 3 is 1.91 bits per heavy atom. The molecular formula is C15H23NO6. The van der Waals surface area contributed by atoms with Gasteiger partial charge in [-0.25, -0.2) is 0 Å². The third kappa shape index (κ3) is 9.98. The maximum absolute atomic E-state index is 10.2. The van der Waals surface area contributed by atoms with Crippen molar-refractivity contribution in [3.05, 3.63) is 24.3 Å². The number of hydrogen-bond donors (Lipinski definition) is 2. The largest absolute Gasteiger partial charge is 0.491 e. The van der Waals surface area contributed by atoms with Gasteiger partial charge in [0.05, 0.1) is 46.1 Å². The fourth-order valence-electron chi connectivity index (χ4n) is 1.48. The van der Waals surface area contributed by atoms with Crippen LogP contribution in [-0.2, 0) is 19.0 Å².